The van der Waals surface area contributed by atoms with Crippen molar-refractivity contribution in [2.24, 2.45) is 0 Å². The molecule has 0 saturated carbocycles. The fourth-order valence-electron chi connectivity index (χ4n) is 4.93. The van der Waals surface area contributed by atoms with Gasteiger partial charge >= 0.3 is 6.03 Å². The summed E-state index contributed by atoms with van der Waals surface area (Å²) in [7, 11) is 5.74. The van der Waals surface area contributed by atoms with Crippen molar-refractivity contribution >= 4 is 35.1 Å². The highest BCUT2D eigenvalue weighted by molar-refractivity contribution is 6.05. The van der Waals surface area contributed by atoms with E-state index in [1.54, 1.807) is 25.2 Å². The number of anilines is 4. The van der Waals surface area contributed by atoms with E-state index < -0.39 is 35.1 Å². The number of nitrogens with one attached hydrogen (secondary N) is 2. The summed E-state index contributed by atoms with van der Waals surface area (Å²) in [5.74, 6) is -2.42. The van der Waals surface area contributed by atoms with E-state index in [0.717, 1.165) is 35.6 Å². The average Bonchev–Trinajstić information content (AvgIpc) is 2.98. The van der Waals surface area contributed by atoms with Gasteiger partial charge in [-0.05, 0) is 88.1 Å². The van der Waals surface area contributed by atoms with E-state index in [2.05, 4.69) is 15.6 Å². The molecule has 2 heterocycles. The fraction of sp³-hybridized carbons (Fsp3) is 0.250. The topological polar surface area (TPSA) is 93.7 Å². The molecule has 0 spiro atoms. The molecule has 12 heteroatoms. The van der Waals surface area contributed by atoms with Gasteiger partial charge in [-0.3, -0.25) is 4.79 Å². The number of carbonyl (C=O) groups is 2. The molecule has 0 aliphatic carbocycles. The van der Waals surface area contributed by atoms with Crippen LogP contribution in [0.5, 0.6) is 0 Å². The van der Waals surface area contributed by atoms with E-state index in [1.165, 1.54) is 30.3 Å². The van der Waals surface area contributed by atoms with E-state index >= 15 is 8.78 Å². The van der Waals surface area contributed by atoms with Crippen molar-refractivity contribution in [2.45, 2.75) is 19.9 Å². The number of carbonyl (C=O) groups excluding carboxylic acids is 2. The Morgan fingerprint density at radius 1 is 0.977 bits per heavy atom. The Hall–Kier alpha value is -4.97. The molecular formula is C32H32F3N7O2. The first-order valence-electron chi connectivity index (χ1n) is 14.0. The lowest BCUT2D eigenvalue weighted by molar-refractivity contribution is 0.102. The van der Waals surface area contributed by atoms with Gasteiger partial charge in [-0.25, -0.2) is 27.8 Å². The molecule has 5 rings (SSSR count). The molecule has 1 aromatic heterocycles. The minimum absolute atomic E-state index is 0.00780. The second-order valence-corrected chi connectivity index (χ2v) is 10.8. The van der Waals surface area contributed by atoms with Crippen molar-refractivity contribution in [3.8, 4) is 11.3 Å². The summed E-state index contributed by atoms with van der Waals surface area (Å²) in [6.07, 6.45) is 0.781. The zero-order chi connectivity index (χ0) is 31.5. The van der Waals surface area contributed by atoms with Gasteiger partial charge in [0.15, 0.2) is 5.82 Å². The van der Waals surface area contributed by atoms with Gasteiger partial charge in [-0.15, -0.1) is 0 Å². The number of hydrogen-bond acceptors (Lipinski definition) is 6. The molecule has 0 radical (unpaired) electrons. The molecule has 0 unspecified atom stereocenters. The van der Waals surface area contributed by atoms with E-state index in [0.29, 0.717) is 34.6 Å². The monoisotopic (exact) mass is 603 g/mol. The maximum absolute atomic E-state index is 15.0. The van der Waals surface area contributed by atoms with Gasteiger partial charge in [-0.2, -0.15) is 4.98 Å². The van der Waals surface area contributed by atoms with Crippen molar-refractivity contribution in [2.75, 3.05) is 49.3 Å². The first kappa shape index (κ1) is 30.5. The zero-order valence-electron chi connectivity index (χ0n) is 24.8. The van der Waals surface area contributed by atoms with Gasteiger partial charge in [0.1, 0.15) is 23.1 Å². The van der Waals surface area contributed by atoms with Crippen LogP contribution in [0.4, 0.5) is 41.1 Å². The van der Waals surface area contributed by atoms with Gasteiger partial charge in [0.25, 0.3) is 5.91 Å². The third kappa shape index (κ3) is 6.35. The predicted molar refractivity (Wildman–Crippen MR) is 164 cm³/mol. The predicted octanol–water partition coefficient (Wildman–Crippen LogP) is 5.87. The minimum atomic E-state index is -0.926. The summed E-state index contributed by atoms with van der Waals surface area (Å²) in [4.78, 5) is 40.6. The number of aromatic nitrogens is 2. The van der Waals surface area contributed by atoms with Crippen molar-refractivity contribution < 1.29 is 22.8 Å². The van der Waals surface area contributed by atoms with Gasteiger partial charge in [-0.1, -0.05) is 12.1 Å². The van der Waals surface area contributed by atoms with Gasteiger partial charge in [0.05, 0.1) is 12.2 Å². The Kier molecular flexibility index (Phi) is 8.81. The Balaban J connectivity index is 1.64. The Morgan fingerprint density at radius 3 is 2.36 bits per heavy atom. The first-order valence-corrected chi connectivity index (χ1v) is 14.0. The highest BCUT2D eigenvalue weighted by Gasteiger charge is 2.34. The number of fused-ring (bicyclic) bond motifs is 1. The summed E-state index contributed by atoms with van der Waals surface area (Å²) in [5, 5.41) is 5.44. The van der Waals surface area contributed by atoms with E-state index in [1.807, 2.05) is 30.8 Å². The summed E-state index contributed by atoms with van der Waals surface area (Å²) in [5.41, 5.74) is 2.34. The molecule has 0 bridgehead atoms. The molecule has 4 aromatic rings. The van der Waals surface area contributed by atoms with Crippen LogP contribution >= 0.6 is 0 Å². The van der Waals surface area contributed by atoms with Crippen LogP contribution < -0.4 is 20.4 Å². The standard InChI is InChI=1S/C32H32F3N7O2/c1-19-9-10-20(30(43)37-22-13-11-21(33)12-14-22)17-23(19)27-24-18-36-32(44)42(28-25(34)7-5-8-26(28)35)29(24)39-31(38-27)41(4)16-6-15-40(2)3/h5,7-14,17H,6,15-16,18H2,1-4H3,(H,36,44)(H,37,43). The van der Waals surface area contributed by atoms with E-state index in [9.17, 15) is 14.0 Å². The van der Waals surface area contributed by atoms with Crippen molar-refractivity contribution in [1.82, 2.24) is 20.2 Å². The van der Waals surface area contributed by atoms with Crippen LogP contribution in [0.3, 0.4) is 0 Å². The van der Waals surface area contributed by atoms with Crippen molar-refractivity contribution in [3.05, 3.63) is 94.8 Å². The summed E-state index contributed by atoms with van der Waals surface area (Å²) in [6.45, 7) is 3.21. The lowest BCUT2D eigenvalue weighted by Crippen LogP contribution is -2.43. The summed E-state index contributed by atoms with van der Waals surface area (Å²) < 4.78 is 43.5. The molecule has 44 heavy (non-hydrogen) atoms. The van der Waals surface area contributed by atoms with Crippen molar-refractivity contribution in [3.63, 3.8) is 0 Å². The number of amides is 3. The molecule has 9 nitrogen and oxygen atoms in total. The van der Waals surface area contributed by atoms with Gasteiger partial charge in [0, 0.05) is 36.0 Å². The molecule has 3 amide bonds. The van der Waals surface area contributed by atoms with Crippen LogP contribution in [0.2, 0.25) is 0 Å². The summed E-state index contributed by atoms with van der Waals surface area (Å²) >= 11 is 0. The summed E-state index contributed by atoms with van der Waals surface area (Å²) in [6, 6.07) is 13.1. The lowest BCUT2D eigenvalue weighted by atomic mass is 9.97. The SMILES string of the molecule is Cc1ccc(C(=O)Nc2ccc(F)cc2)cc1-c1nc(N(C)CCCN(C)C)nc2c1CNC(=O)N2c1c(F)cccc1F. The second kappa shape index (κ2) is 12.7. The van der Waals surface area contributed by atoms with Crippen molar-refractivity contribution in [1.29, 1.82) is 0 Å². The van der Waals surface area contributed by atoms with Crippen LogP contribution in [0.15, 0.2) is 60.7 Å². The third-order valence-electron chi connectivity index (χ3n) is 7.26. The minimum Gasteiger partial charge on any atom is -0.344 e. The fourth-order valence-corrected chi connectivity index (χ4v) is 4.93. The van der Waals surface area contributed by atoms with E-state index in [-0.39, 0.29) is 18.3 Å². The first-order chi connectivity index (χ1) is 21.0. The molecule has 2 N–H and O–H groups in total. The van der Waals surface area contributed by atoms with E-state index in [4.69, 9.17) is 4.98 Å². The van der Waals surface area contributed by atoms with Crippen LogP contribution in [0.25, 0.3) is 11.3 Å². The molecule has 1 aliphatic heterocycles. The molecular weight excluding hydrogens is 571 g/mol. The zero-order valence-corrected chi connectivity index (χ0v) is 24.8. The van der Waals surface area contributed by atoms with Gasteiger partial charge in [0.2, 0.25) is 5.95 Å². The normalized spacial score (nSPS) is 12.6. The quantitative estimate of drug-likeness (QED) is 0.249. The Labute approximate surface area is 253 Å². The number of aryl methyl sites for hydroxylation is 1. The highest BCUT2D eigenvalue weighted by atomic mass is 19.1. The molecule has 0 saturated heterocycles. The van der Waals surface area contributed by atoms with Crippen LogP contribution in [-0.4, -0.2) is 61.0 Å². The van der Waals surface area contributed by atoms with Crippen LogP contribution in [0, 0.1) is 24.4 Å². The number of rotatable bonds is 9. The smallest absolute Gasteiger partial charge is 0.328 e. The van der Waals surface area contributed by atoms with Crippen LogP contribution in [0.1, 0.15) is 27.9 Å². The Bertz CT molecular complexity index is 1690. The number of halogens is 3. The number of para-hydroxylation sites is 1. The number of urea groups is 1. The molecule has 3 aromatic carbocycles. The number of hydrogen-bond donors (Lipinski definition) is 2. The number of benzene rings is 3. The maximum Gasteiger partial charge on any atom is 0.328 e. The average molecular weight is 604 g/mol. The van der Waals surface area contributed by atoms with Gasteiger partial charge < -0.3 is 20.4 Å². The van der Waals surface area contributed by atoms with Crippen LogP contribution in [-0.2, 0) is 6.54 Å². The second-order valence-electron chi connectivity index (χ2n) is 10.8. The Morgan fingerprint density at radius 2 is 1.68 bits per heavy atom. The highest BCUT2D eigenvalue weighted by Crippen LogP contribution is 2.39. The molecule has 1 aliphatic rings. The molecule has 228 valence electrons. The molecule has 0 fully saturated rings. The maximum atomic E-state index is 15.0. The lowest BCUT2D eigenvalue weighted by Gasteiger charge is -2.32. The largest absolute Gasteiger partial charge is 0.344 e. The third-order valence-corrected chi connectivity index (χ3v) is 7.26. The number of nitrogens with zero attached hydrogens (tertiary/aromatic N) is 5. The molecule has 0 atom stereocenters.